The van der Waals surface area contributed by atoms with Crippen molar-refractivity contribution in [3.63, 3.8) is 0 Å². The normalized spacial score (nSPS) is 18.7. The predicted octanol–water partition coefficient (Wildman–Crippen LogP) is -2.19. The first-order valence-electron chi connectivity index (χ1n) is 6.93. The van der Waals surface area contributed by atoms with Gasteiger partial charge in [0, 0.05) is 11.8 Å². The van der Waals surface area contributed by atoms with Crippen LogP contribution in [0, 0.1) is 11.8 Å². The number of aliphatic hydroxyl groups excluding tert-OH is 4. The molecule has 0 bridgehead atoms. The van der Waals surface area contributed by atoms with Crippen LogP contribution < -0.4 is 0 Å². The van der Waals surface area contributed by atoms with E-state index in [1.807, 2.05) is 0 Å². The molecule has 0 radical (unpaired) electrons. The standard InChI is InChI=1S/C14H24O8/c1-6(2)9(17)12(20)14(22,11(19)7(3)4)13(21)10(18)8(16)5-15/h6-8,10,13,15-16,18,21-22H,5H2,1-4H3/t8-,10-,13+,14+/m1/s1. The van der Waals surface area contributed by atoms with E-state index in [1.54, 1.807) is 0 Å². The van der Waals surface area contributed by atoms with E-state index < -0.39 is 59.7 Å². The Hall–Kier alpha value is -1.19. The molecule has 0 aromatic carbocycles. The third kappa shape index (κ3) is 3.96. The van der Waals surface area contributed by atoms with Crippen molar-refractivity contribution in [1.29, 1.82) is 0 Å². The summed E-state index contributed by atoms with van der Waals surface area (Å²) >= 11 is 0. The van der Waals surface area contributed by atoms with Gasteiger partial charge in [-0.25, -0.2) is 0 Å². The fourth-order valence-corrected chi connectivity index (χ4v) is 1.85. The van der Waals surface area contributed by atoms with Gasteiger partial charge in [0.15, 0.2) is 5.78 Å². The number of carbonyl (C=O) groups is 3. The lowest BCUT2D eigenvalue weighted by Gasteiger charge is -2.35. The molecule has 0 aliphatic carbocycles. The number of hydrogen-bond donors (Lipinski definition) is 5. The minimum atomic E-state index is -3.19. The molecule has 0 aromatic heterocycles. The molecule has 8 heteroatoms. The van der Waals surface area contributed by atoms with E-state index in [0.717, 1.165) is 0 Å². The zero-order chi connectivity index (χ0) is 17.8. The smallest absolute Gasteiger partial charge is 0.240 e. The van der Waals surface area contributed by atoms with Gasteiger partial charge in [0.1, 0.15) is 18.3 Å². The molecular formula is C14H24O8. The molecule has 0 aromatic rings. The third-order valence-corrected chi connectivity index (χ3v) is 3.33. The van der Waals surface area contributed by atoms with Crippen LogP contribution in [-0.2, 0) is 14.4 Å². The van der Waals surface area contributed by atoms with Gasteiger partial charge >= 0.3 is 0 Å². The van der Waals surface area contributed by atoms with Crippen LogP contribution in [0.5, 0.6) is 0 Å². The first-order chi connectivity index (χ1) is 9.92. The molecule has 128 valence electrons. The fraction of sp³-hybridized carbons (Fsp3) is 0.786. The van der Waals surface area contributed by atoms with Crippen molar-refractivity contribution in [2.24, 2.45) is 11.8 Å². The zero-order valence-electron chi connectivity index (χ0n) is 13.1. The average Bonchev–Trinajstić information content (AvgIpc) is 2.48. The SMILES string of the molecule is CC(C)C(=O)C(=O)[C@@](O)(C(=O)C(C)C)[C@@H](O)[C@H](O)[C@H](O)CO. The van der Waals surface area contributed by atoms with E-state index in [1.165, 1.54) is 27.7 Å². The second-order valence-corrected chi connectivity index (χ2v) is 5.82. The molecule has 4 atom stereocenters. The Morgan fingerprint density at radius 1 is 0.955 bits per heavy atom. The van der Waals surface area contributed by atoms with Gasteiger partial charge in [-0.2, -0.15) is 0 Å². The number of hydrogen-bond acceptors (Lipinski definition) is 8. The average molecular weight is 320 g/mol. The highest BCUT2D eigenvalue weighted by molar-refractivity contribution is 6.45. The third-order valence-electron chi connectivity index (χ3n) is 3.33. The Labute approximate surface area is 128 Å². The molecule has 0 heterocycles. The molecule has 0 unspecified atom stereocenters. The summed E-state index contributed by atoms with van der Waals surface area (Å²) in [5.41, 5.74) is -3.19. The van der Waals surface area contributed by atoms with Crippen LogP contribution >= 0.6 is 0 Å². The van der Waals surface area contributed by atoms with Gasteiger partial charge in [-0.05, 0) is 0 Å². The lowest BCUT2D eigenvalue weighted by Crippen LogP contribution is -2.65. The molecule has 0 rings (SSSR count). The van der Waals surface area contributed by atoms with Gasteiger partial charge in [0.2, 0.25) is 17.2 Å². The lowest BCUT2D eigenvalue weighted by atomic mass is 9.76. The molecule has 0 amide bonds. The van der Waals surface area contributed by atoms with Gasteiger partial charge in [-0.1, -0.05) is 27.7 Å². The molecule has 0 fully saturated rings. The highest BCUT2D eigenvalue weighted by Gasteiger charge is 2.56. The van der Waals surface area contributed by atoms with Crippen LogP contribution in [0.3, 0.4) is 0 Å². The Bertz CT molecular complexity index is 431. The van der Waals surface area contributed by atoms with Gasteiger partial charge in [-0.3, -0.25) is 14.4 Å². The quantitative estimate of drug-likeness (QED) is 0.237. The maximum Gasteiger partial charge on any atom is 0.240 e. The van der Waals surface area contributed by atoms with Crippen LogP contribution in [0.4, 0.5) is 0 Å². The van der Waals surface area contributed by atoms with Crippen LogP contribution in [-0.4, -0.2) is 73.4 Å². The lowest BCUT2D eigenvalue weighted by molar-refractivity contribution is -0.184. The van der Waals surface area contributed by atoms with Gasteiger partial charge in [-0.15, -0.1) is 0 Å². The van der Waals surface area contributed by atoms with Crippen molar-refractivity contribution >= 4 is 17.3 Å². The largest absolute Gasteiger partial charge is 0.394 e. The summed E-state index contributed by atoms with van der Waals surface area (Å²) in [6, 6.07) is 0. The van der Waals surface area contributed by atoms with Crippen LogP contribution in [0.15, 0.2) is 0 Å². The van der Waals surface area contributed by atoms with E-state index in [2.05, 4.69) is 0 Å². The Morgan fingerprint density at radius 2 is 1.41 bits per heavy atom. The second kappa shape index (κ2) is 7.89. The topological polar surface area (TPSA) is 152 Å². The van der Waals surface area contributed by atoms with Crippen molar-refractivity contribution in [3.05, 3.63) is 0 Å². The van der Waals surface area contributed by atoms with Crippen molar-refractivity contribution in [2.45, 2.75) is 51.6 Å². The van der Waals surface area contributed by atoms with E-state index >= 15 is 0 Å². The molecule has 0 aliphatic rings. The summed E-state index contributed by atoms with van der Waals surface area (Å²) in [5, 5.41) is 48.2. The van der Waals surface area contributed by atoms with Crippen LogP contribution in [0.1, 0.15) is 27.7 Å². The highest BCUT2D eigenvalue weighted by Crippen LogP contribution is 2.24. The molecule has 5 N–H and O–H groups in total. The number of rotatable bonds is 9. The van der Waals surface area contributed by atoms with Crippen molar-refractivity contribution < 1.29 is 39.9 Å². The maximum absolute atomic E-state index is 12.2. The van der Waals surface area contributed by atoms with E-state index in [9.17, 15) is 34.8 Å². The van der Waals surface area contributed by atoms with Crippen molar-refractivity contribution in [3.8, 4) is 0 Å². The van der Waals surface area contributed by atoms with E-state index in [4.69, 9.17) is 5.11 Å². The van der Waals surface area contributed by atoms with Crippen molar-refractivity contribution in [1.82, 2.24) is 0 Å². The Kier molecular flexibility index (Phi) is 7.46. The van der Waals surface area contributed by atoms with Crippen LogP contribution in [0.2, 0.25) is 0 Å². The van der Waals surface area contributed by atoms with Gasteiger partial charge < -0.3 is 25.5 Å². The summed E-state index contributed by atoms with van der Waals surface area (Å²) in [6.07, 6.45) is -6.55. The minimum Gasteiger partial charge on any atom is -0.394 e. The van der Waals surface area contributed by atoms with Crippen molar-refractivity contribution in [2.75, 3.05) is 6.61 Å². The zero-order valence-corrected chi connectivity index (χ0v) is 13.1. The number of aliphatic hydroxyl groups is 5. The molecule has 0 aliphatic heterocycles. The number of Topliss-reactive ketones (excluding diaryl/α,β-unsaturated/α-hetero) is 3. The second-order valence-electron chi connectivity index (χ2n) is 5.82. The molecule has 22 heavy (non-hydrogen) atoms. The number of carbonyl (C=O) groups excluding carboxylic acids is 3. The summed E-state index contributed by atoms with van der Waals surface area (Å²) in [7, 11) is 0. The first-order valence-corrected chi connectivity index (χ1v) is 6.93. The highest BCUT2D eigenvalue weighted by atomic mass is 16.4. The maximum atomic E-state index is 12.2. The van der Waals surface area contributed by atoms with E-state index in [-0.39, 0.29) is 0 Å². The molecule has 0 saturated carbocycles. The minimum absolute atomic E-state index is 0.842. The Morgan fingerprint density at radius 3 is 1.73 bits per heavy atom. The fourth-order valence-electron chi connectivity index (χ4n) is 1.85. The molecule has 0 spiro atoms. The molecule has 8 nitrogen and oxygen atoms in total. The summed E-state index contributed by atoms with van der Waals surface area (Å²) in [4.78, 5) is 36.1. The summed E-state index contributed by atoms with van der Waals surface area (Å²) < 4.78 is 0. The van der Waals surface area contributed by atoms with Gasteiger partial charge in [0.05, 0.1) is 6.61 Å². The summed E-state index contributed by atoms with van der Waals surface area (Å²) in [6.45, 7) is 4.43. The molecular weight excluding hydrogens is 296 g/mol. The molecule has 0 saturated heterocycles. The number of ketones is 3. The van der Waals surface area contributed by atoms with Crippen LogP contribution in [0.25, 0.3) is 0 Å². The van der Waals surface area contributed by atoms with Gasteiger partial charge in [0.25, 0.3) is 0 Å². The monoisotopic (exact) mass is 320 g/mol. The predicted molar refractivity (Wildman–Crippen MR) is 74.8 cm³/mol. The summed E-state index contributed by atoms with van der Waals surface area (Å²) in [5.74, 6) is -5.59. The van der Waals surface area contributed by atoms with E-state index in [0.29, 0.717) is 0 Å². The first kappa shape index (κ1) is 20.8. The Balaban J connectivity index is 5.87.